The van der Waals surface area contributed by atoms with Gasteiger partial charge < -0.3 is 4.18 Å². The summed E-state index contributed by atoms with van der Waals surface area (Å²) in [6.07, 6.45) is 3.31. The third-order valence-electron chi connectivity index (χ3n) is 1.30. The van der Waals surface area contributed by atoms with Crippen molar-refractivity contribution >= 4 is 16.3 Å². The molecule has 0 saturated heterocycles. The first-order valence-corrected chi connectivity index (χ1v) is 4.85. The maximum Gasteiger partial charge on any atom is 0.534 e. The number of nitrogens with zero attached hydrogens (tertiary/aromatic N) is 2. The molecule has 0 atom stereocenters. The van der Waals surface area contributed by atoms with Gasteiger partial charge in [0.1, 0.15) is 0 Å². The van der Waals surface area contributed by atoms with Crippen LogP contribution in [-0.4, -0.2) is 23.5 Å². The Labute approximate surface area is 82.9 Å². The van der Waals surface area contributed by atoms with Crippen molar-refractivity contribution in [2.45, 2.75) is 5.51 Å². The van der Waals surface area contributed by atoms with E-state index in [-0.39, 0.29) is 0 Å². The summed E-state index contributed by atoms with van der Waals surface area (Å²) >= 11 is 0. The summed E-state index contributed by atoms with van der Waals surface area (Å²) in [6.45, 7) is 3.22. The molecule has 5 nitrogen and oxygen atoms in total. The van der Waals surface area contributed by atoms with Gasteiger partial charge in [0, 0.05) is 18.6 Å². The monoisotopic (exact) mass is 242 g/mol. The van der Waals surface area contributed by atoms with Crippen molar-refractivity contribution in [1.82, 2.24) is 9.55 Å². The molecular formula is C6H5F3N2O3S. The van der Waals surface area contributed by atoms with Crippen molar-refractivity contribution in [1.29, 1.82) is 0 Å². The Kier molecular flexibility index (Phi) is 2.75. The fraction of sp³-hybridized carbons (Fsp3) is 0.167. The number of imidazole rings is 1. The fourth-order valence-corrected chi connectivity index (χ4v) is 1.07. The highest BCUT2D eigenvalue weighted by Gasteiger charge is 2.49. The van der Waals surface area contributed by atoms with Crippen LogP contribution in [0.4, 0.5) is 13.2 Å². The zero-order valence-corrected chi connectivity index (χ0v) is 7.92. The van der Waals surface area contributed by atoms with E-state index in [1.165, 1.54) is 6.20 Å². The van der Waals surface area contributed by atoms with Crippen LogP contribution in [0, 0.1) is 0 Å². The van der Waals surface area contributed by atoms with E-state index in [4.69, 9.17) is 0 Å². The molecule has 0 saturated carbocycles. The smallest absolute Gasteiger partial charge is 0.338 e. The molecule has 1 aromatic heterocycles. The van der Waals surface area contributed by atoms with E-state index in [9.17, 15) is 21.6 Å². The average Bonchev–Trinajstić information content (AvgIpc) is 2.48. The van der Waals surface area contributed by atoms with Gasteiger partial charge in [-0.05, 0) is 0 Å². The predicted molar refractivity (Wildman–Crippen MR) is 44.2 cm³/mol. The van der Waals surface area contributed by atoms with Gasteiger partial charge in [0.05, 0.1) is 0 Å². The summed E-state index contributed by atoms with van der Waals surface area (Å²) in [5.41, 5.74) is -5.48. The van der Waals surface area contributed by atoms with Crippen LogP contribution < -0.4 is 4.18 Å². The van der Waals surface area contributed by atoms with Gasteiger partial charge in [0.25, 0.3) is 0 Å². The molecule has 1 heterocycles. The van der Waals surface area contributed by atoms with E-state index in [0.29, 0.717) is 0 Å². The number of halogens is 3. The molecule has 0 aliphatic rings. The summed E-state index contributed by atoms with van der Waals surface area (Å²) in [6, 6.07) is -0.720. The van der Waals surface area contributed by atoms with E-state index in [0.717, 1.165) is 17.0 Å². The van der Waals surface area contributed by atoms with Crippen LogP contribution >= 0.6 is 0 Å². The maximum atomic E-state index is 11.9. The summed E-state index contributed by atoms with van der Waals surface area (Å²) in [4.78, 5) is 3.28. The topological polar surface area (TPSA) is 61.2 Å². The van der Waals surface area contributed by atoms with Gasteiger partial charge in [-0.2, -0.15) is 21.6 Å². The lowest BCUT2D eigenvalue weighted by atomic mass is 10.8. The normalized spacial score (nSPS) is 12.5. The highest BCUT2D eigenvalue weighted by Crippen LogP contribution is 2.25. The average molecular weight is 242 g/mol. The highest BCUT2D eigenvalue weighted by atomic mass is 32.2. The Morgan fingerprint density at radius 3 is 2.60 bits per heavy atom. The van der Waals surface area contributed by atoms with Crippen molar-refractivity contribution in [2.24, 2.45) is 0 Å². The fourth-order valence-electron chi connectivity index (χ4n) is 0.648. The van der Waals surface area contributed by atoms with Crippen molar-refractivity contribution in [2.75, 3.05) is 0 Å². The van der Waals surface area contributed by atoms with Gasteiger partial charge >= 0.3 is 21.6 Å². The van der Waals surface area contributed by atoms with E-state index in [1.54, 1.807) is 0 Å². The van der Waals surface area contributed by atoms with Gasteiger partial charge in [-0.3, -0.25) is 4.57 Å². The van der Waals surface area contributed by atoms with Crippen LogP contribution in [0.3, 0.4) is 0 Å². The van der Waals surface area contributed by atoms with Crippen LogP contribution in [0.25, 0.3) is 6.20 Å². The number of hydrogen-bond acceptors (Lipinski definition) is 4. The molecular weight excluding hydrogens is 237 g/mol. The lowest BCUT2D eigenvalue weighted by molar-refractivity contribution is -0.0503. The number of rotatable bonds is 3. The minimum Gasteiger partial charge on any atom is -0.338 e. The zero-order chi connectivity index (χ0) is 11.7. The highest BCUT2D eigenvalue weighted by molar-refractivity contribution is 7.87. The molecule has 0 aliphatic heterocycles. The van der Waals surface area contributed by atoms with Gasteiger partial charge in [-0.15, -0.1) is 0 Å². The van der Waals surface area contributed by atoms with Crippen molar-refractivity contribution < 1.29 is 25.8 Å². The summed E-state index contributed by atoms with van der Waals surface area (Å²) in [7, 11) is -5.68. The van der Waals surface area contributed by atoms with Crippen LogP contribution in [-0.2, 0) is 10.1 Å². The Balaban J connectivity index is 3.02. The molecule has 0 aliphatic carbocycles. The van der Waals surface area contributed by atoms with Crippen LogP contribution in [0.15, 0.2) is 19.0 Å². The lowest BCUT2D eigenvalue weighted by Crippen LogP contribution is -2.28. The largest absolute Gasteiger partial charge is 0.534 e. The second kappa shape index (κ2) is 3.57. The quantitative estimate of drug-likeness (QED) is 0.590. The van der Waals surface area contributed by atoms with Crippen molar-refractivity contribution in [3.8, 4) is 6.01 Å². The van der Waals surface area contributed by atoms with Gasteiger partial charge in [0.2, 0.25) is 0 Å². The molecule has 0 aromatic carbocycles. The standard InChI is InChI=1S/C6H5F3N2O3S/c1-2-11-4-3-10-5(11)14-15(12,13)6(7,8)9/h2-4H,1H2. The molecule has 84 valence electrons. The Hall–Kier alpha value is -1.51. The molecule has 0 radical (unpaired) electrons. The SMILES string of the molecule is C=Cn1ccnc1OS(=O)(=O)C(F)(F)F. The van der Waals surface area contributed by atoms with Crippen LogP contribution in [0.1, 0.15) is 0 Å². The minimum absolute atomic E-state index is 0.720. The molecule has 0 bridgehead atoms. The first-order valence-electron chi connectivity index (χ1n) is 3.44. The van der Waals surface area contributed by atoms with E-state index in [2.05, 4.69) is 15.7 Å². The second-order valence-electron chi connectivity index (χ2n) is 2.28. The molecule has 15 heavy (non-hydrogen) atoms. The molecule has 0 unspecified atom stereocenters. The Bertz CT molecular complexity index is 462. The number of alkyl halides is 3. The van der Waals surface area contributed by atoms with Crippen molar-refractivity contribution in [3.63, 3.8) is 0 Å². The van der Waals surface area contributed by atoms with E-state index in [1.807, 2.05) is 0 Å². The van der Waals surface area contributed by atoms with E-state index < -0.39 is 21.6 Å². The van der Waals surface area contributed by atoms with E-state index >= 15 is 0 Å². The molecule has 1 aromatic rings. The lowest BCUT2D eigenvalue weighted by Gasteiger charge is -2.08. The van der Waals surface area contributed by atoms with Gasteiger partial charge in [0.15, 0.2) is 0 Å². The maximum absolute atomic E-state index is 11.9. The van der Waals surface area contributed by atoms with Crippen molar-refractivity contribution in [3.05, 3.63) is 19.0 Å². The zero-order valence-electron chi connectivity index (χ0n) is 7.10. The minimum atomic E-state index is -5.68. The van der Waals surface area contributed by atoms with Gasteiger partial charge in [-0.25, -0.2) is 4.98 Å². The molecule has 0 spiro atoms. The molecule has 0 fully saturated rings. The van der Waals surface area contributed by atoms with Crippen LogP contribution in [0.5, 0.6) is 6.01 Å². The first-order chi connectivity index (χ1) is 6.78. The molecule has 1 rings (SSSR count). The van der Waals surface area contributed by atoms with Gasteiger partial charge in [-0.1, -0.05) is 6.58 Å². The number of hydrogen-bond donors (Lipinski definition) is 0. The third-order valence-corrected chi connectivity index (χ3v) is 2.23. The molecule has 0 N–H and O–H groups in total. The first kappa shape index (κ1) is 11.6. The second-order valence-corrected chi connectivity index (χ2v) is 3.82. The Morgan fingerprint density at radius 2 is 2.13 bits per heavy atom. The van der Waals surface area contributed by atoms with Crippen LogP contribution in [0.2, 0.25) is 0 Å². The molecule has 0 amide bonds. The Morgan fingerprint density at radius 1 is 1.53 bits per heavy atom. The summed E-state index contributed by atoms with van der Waals surface area (Å²) in [5.74, 6) is 0. The number of aromatic nitrogens is 2. The molecule has 9 heteroatoms. The summed E-state index contributed by atoms with van der Waals surface area (Å²) < 4.78 is 61.4. The third kappa shape index (κ3) is 2.29. The predicted octanol–water partition coefficient (Wildman–Crippen LogP) is 1.21. The summed E-state index contributed by atoms with van der Waals surface area (Å²) in [5, 5.41) is 0.